The molecule has 0 unspecified atom stereocenters. The summed E-state index contributed by atoms with van der Waals surface area (Å²) in [4.78, 5) is 38.5. The van der Waals surface area contributed by atoms with Crippen LogP contribution in [0.3, 0.4) is 0 Å². The molecule has 5 rings (SSSR count). The van der Waals surface area contributed by atoms with Crippen LogP contribution < -0.4 is 9.62 Å². The van der Waals surface area contributed by atoms with E-state index in [4.69, 9.17) is 0 Å². The first-order valence-electron chi connectivity index (χ1n) is 10.9. The van der Waals surface area contributed by atoms with Crippen LogP contribution in [0.2, 0.25) is 0 Å². The lowest BCUT2D eigenvalue weighted by Gasteiger charge is -2.31. The predicted molar refractivity (Wildman–Crippen MR) is 126 cm³/mol. The lowest BCUT2D eigenvalue weighted by atomic mass is 10.0. The van der Waals surface area contributed by atoms with Crippen molar-refractivity contribution in [2.24, 2.45) is 0 Å². The van der Waals surface area contributed by atoms with E-state index in [2.05, 4.69) is 5.32 Å². The Kier molecular flexibility index (Phi) is 5.60. The first kappa shape index (κ1) is 22.7. The van der Waals surface area contributed by atoms with Crippen molar-refractivity contribution in [2.75, 3.05) is 22.7 Å². The lowest BCUT2D eigenvalue weighted by molar-refractivity contribution is -0.116. The summed E-state index contributed by atoms with van der Waals surface area (Å²) in [5, 5.41) is 2.68. The van der Waals surface area contributed by atoms with Crippen molar-refractivity contribution in [1.29, 1.82) is 0 Å². The van der Waals surface area contributed by atoms with Gasteiger partial charge in [0.15, 0.2) is 0 Å². The minimum Gasteiger partial charge on any atom is -0.325 e. The van der Waals surface area contributed by atoms with Gasteiger partial charge in [-0.25, -0.2) is 12.8 Å². The molecule has 0 aliphatic carbocycles. The Morgan fingerprint density at radius 1 is 0.943 bits per heavy atom. The molecule has 2 heterocycles. The molecule has 8 nitrogen and oxygen atoms in total. The van der Waals surface area contributed by atoms with Crippen LogP contribution in [0.1, 0.15) is 32.7 Å². The van der Waals surface area contributed by atoms with Gasteiger partial charge in [0.2, 0.25) is 5.91 Å². The summed E-state index contributed by atoms with van der Waals surface area (Å²) < 4.78 is 40.8. The monoisotopic (exact) mass is 493 g/mol. The molecule has 3 amide bonds. The summed E-state index contributed by atoms with van der Waals surface area (Å²) in [6.45, 7) is -0.160. The van der Waals surface area contributed by atoms with Gasteiger partial charge in [-0.1, -0.05) is 12.1 Å². The van der Waals surface area contributed by atoms with Gasteiger partial charge in [0.25, 0.3) is 21.8 Å². The zero-order valence-corrected chi connectivity index (χ0v) is 19.2. The Morgan fingerprint density at radius 3 is 2.26 bits per heavy atom. The number of fused-ring (bicyclic) bond motifs is 2. The third-order valence-electron chi connectivity index (χ3n) is 6.02. The molecule has 0 bridgehead atoms. The molecule has 178 valence electrons. The minimum absolute atomic E-state index is 0.00919. The summed E-state index contributed by atoms with van der Waals surface area (Å²) in [6.07, 6.45) is 1.17. The Balaban J connectivity index is 1.33. The number of rotatable bonds is 5. The van der Waals surface area contributed by atoms with Gasteiger partial charge in [-0.3, -0.25) is 23.6 Å². The number of anilines is 2. The van der Waals surface area contributed by atoms with E-state index in [1.54, 1.807) is 42.5 Å². The first-order valence-corrected chi connectivity index (χ1v) is 12.4. The number of hydrogen-bond donors (Lipinski definition) is 1. The van der Waals surface area contributed by atoms with E-state index in [-0.39, 0.29) is 22.6 Å². The largest absolute Gasteiger partial charge is 0.325 e. The summed E-state index contributed by atoms with van der Waals surface area (Å²) >= 11 is 0. The number of aryl methyl sites for hydroxylation is 1. The number of hydrogen-bond acceptors (Lipinski definition) is 5. The Morgan fingerprint density at radius 2 is 1.60 bits per heavy atom. The average Bonchev–Trinajstić information content (AvgIpc) is 3.08. The van der Waals surface area contributed by atoms with Gasteiger partial charge in [0.05, 0.1) is 21.7 Å². The maximum absolute atomic E-state index is 13.3. The van der Waals surface area contributed by atoms with Gasteiger partial charge in [-0.2, -0.15) is 0 Å². The zero-order valence-electron chi connectivity index (χ0n) is 18.4. The van der Waals surface area contributed by atoms with Crippen molar-refractivity contribution in [2.45, 2.75) is 17.7 Å². The Labute approximate surface area is 201 Å². The highest BCUT2D eigenvalue weighted by Gasteiger charge is 2.36. The molecule has 2 aliphatic heterocycles. The van der Waals surface area contributed by atoms with Gasteiger partial charge < -0.3 is 5.32 Å². The van der Waals surface area contributed by atoms with Crippen LogP contribution in [-0.4, -0.2) is 44.1 Å². The molecule has 0 spiro atoms. The fourth-order valence-corrected chi connectivity index (χ4v) is 5.89. The number of sulfonamides is 1. The number of nitrogens with zero attached hydrogens (tertiary/aromatic N) is 2. The smallest absolute Gasteiger partial charge is 0.264 e. The van der Waals surface area contributed by atoms with Gasteiger partial charge in [0, 0.05) is 12.2 Å². The molecule has 0 aromatic heterocycles. The molecule has 10 heteroatoms. The third kappa shape index (κ3) is 4.06. The van der Waals surface area contributed by atoms with Crippen LogP contribution in [0.5, 0.6) is 0 Å². The van der Waals surface area contributed by atoms with E-state index in [0.717, 1.165) is 22.6 Å². The van der Waals surface area contributed by atoms with E-state index in [1.165, 1.54) is 16.4 Å². The van der Waals surface area contributed by atoms with Crippen molar-refractivity contribution in [1.82, 2.24) is 4.90 Å². The molecule has 2 aliphatic rings. The lowest BCUT2D eigenvalue weighted by Crippen LogP contribution is -2.37. The normalized spacial score (nSPS) is 15.1. The number of imide groups is 1. The molecule has 0 saturated carbocycles. The highest BCUT2D eigenvalue weighted by atomic mass is 32.2. The van der Waals surface area contributed by atoms with Gasteiger partial charge in [0.1, 0.15) is 12.4 Å². The minimum atomic E-state index is -3.88. The number of halogens is 1. The van der Waals surface area contributed by atoms with Crippen LogP contribution >= 0.6 is 0 Å². The molecule has 35 heavy (non-hydrogen) atoms. The van der Waals surface area contributed by atoms with Crippen LogP contribution in [0.4, 0.5) is 15.8 Å². The highest BCUT2D eigenvalue weighted by molar-refractivity contribution is 7.92. The fraction of sp³-hybridized carbons (Fsp3) is 0.160. The van der Waals surface area contributed by atoms with Gasteiger partial charge in [-0.05, 0) is 73.0 Å². The molecule has 3 aromatic rings. The summed E-state index contributed by atoms with van der Waals surface area (Å²) in [7, 11) is -3.88. The Hall–Kier alpha value is -4.05. The SMILES string of the molecule is O=C(CN1C(=O)c2ccccc2C1=O)Nc1ccc2c(c1)CCCN2S(=O)(=O)c1ccc(F)cc1. The molecular weight excluding hydrogens is 473 g/mol. The molecule has 1 N–H and O–H groups in total. The number of amides is 3. The van der Waals surface area contributed by atoms with Gasteiger partial charge in [-0.15, -0.1) is 0 Å². The van der Waals surface area contributed by atoms with Gasteiger partial charge >= 0.3 is 0 Å². The average molecular weight is 494 g/mol. The van der Waals surface area contributed by atoms with E-state index in [0.29, 0.717) is 24.2 Å². The van der Waals surface area contributed by atoms with E-state index < -0.39 is 40.1 Å². The molecule has 0 radical (unpaired) electrons. The van der Waals surface area contributed by atoms with Crippen molar-refractivity contribution in [3.63, 3.8) is 0 Å². The quantitative estimate of drug-likeness (QED) is 0.550. The third-order valence-corrected chi connectivity index (χ3v) is 7.85. The van der Waals surface area contributed by atoms with Crippen LogP contribution in [0, 0.1) is 5.82 Å². The van der Waals surface area contributed by atoms with E-state index in [1.807, 2.05) is 0 Å². The first-order chi connectivity index (χ1) is 16.8. The second kappa shape index (κ2) is 8.62. The zero-order chi connectivity index (χ0) is 24.7. The Bertz CT molecular complexity index is 1440. The van der Waals surface area contributed by atoms with E-state index in [9.17, 15) is 27.2 Å². The fourth-order valence-electron chi connectivity index (χ4n) is 4.35. The van der Waals surface area contributed by atoms with Crippen molar-refractivity contribution in [3.05, 3.63) is 89.2 Å². The van der Waals surface area contributed by atoms with Crippen LogP contribution in [0.25, 0.3) is 0 Å². The number of nitrogens with one attached hydrogen (secondary N) is 1. The maximum atomic E-state index is 13.3. The number of carbonyl (C=O) groups is 3. The molecule has 3 aromatic carbocycles. The second-order valence-electron chi connectivity index (χ2n) is 8.27. The second-order valence-corrected chi connectivity index (χ2v) is 10.1. The summed E-state index contributed by atoms with van der Waals surface area (Å²) in [5.41, 5.74) is 2.16. The van der Waals surface area contributed by atoms with E-state index >= 15 is 0 Å². The maximum Gasteiger partial charge on any atom is 0.264 e. The van der Waals surface area contributed by atoms with Crippen molar-refractivity contribution < 1.29 is 27.2 Å². The number of benzene rings is 3. The number of carbonyl (C=O) groups excluding carboxylic acids is 3. The topological polar surface area (TPSA) is 104 Å². The molecule has 0 fully saturated rings. The highest BCUT2D eigenvalue weighted by Crippen LogP contribution is 2.34. The molecular formula is C25H20FN3O5S. The van der Waals surface area contributed by atoms with Crippen LogP contribution in [0.15, 0.2) is 71.6 Å². The summed E-state index contributed by atoms with van der Waals surface area (Å²) in [6, 6.07) is 15.9. The van der Waals surface area contributed by atoms with Crippen molar-refractivity contribution >= 4 is 39.1 Å². The predicted octanol–water partition coefficient (Wildman–Crippen LogP) is 3.20. The van der Waals surface area contributed by atoms with Crippen molar-refractivity contribution in [3.8, 4) is 0 Å². The summed E-state index contributed by atoms with van der Waals surface area (Å²) in [5.74, 6) is -2.11. The standard InChI is InChI=1S/C25H20FN3O5S/c26-17-7-10-19(11-8-17)35(33,34)29-13-3-4-16-14-18(9-12-22(16)29)27-23(30)15-28-24(31)20-5-1-2-6-21(20)25(28)32/h1-2,5-12,14H,3-4,13,15H2,(H,27,30). The molecule has 0 atom stereocenters. The molecule has 0 saturated heterocycles. The van der Waals surface area contributed by atoms with Crippen LogP contribution in [-0.2, 0) is 21.2 Å².